The molecule has 1 heterocycles. The number of esters is 2. The molecule has 5 fully saturated rings. The van der Waals surface area contributed by atoms with Gasteiger partial charge in [-0.15, -0.1) is 0 Å². The van der Waals surface area contributed by atoms with Crippen molar-refractivity contribution < 1.29 is 33.5 Å². The molecule has 0 aromatic carbocycles. The van der Waals surface area contributed by atoms with Gasteiger partial charge in [0, 0.05) is 11.5 Å². The van der Waals surface area contributed by atoms with Crippen LogP contribution in [0.3, 0.4) is 0 Å². The van der Waals surface area contributed by atoms with Crippen molar-refractivity contribution in [2.24, 2.45) is 62.1 Å². The van der Waals surface area contributed by atoms with Crippen molar-refractivity contribution in [1.29, 1.82) is 0 Å². The van der Waals surface area contributed by atoms with E-state index in [0.29, 0.717) is 47.7 Å². The molecule has 0 radical (unpaired) electrons. The van der Waals surface area contributed by atoms with Gasteiger partial charge in [0.2, 0.25) is 0 Å². The number of carbonyl (C=O) groups excluding carboxylic acids is 2. The molecular weight excluding hydrogens is 654 g/mol. The SMILES string of the molecule is C=C(C)[C@@H]1CC[C@]2(CCOC(=O)Cc3cc(C)on3)CC[C@]3(C)[C@H](CC[C@@H]4[C@@]5(C)CC[C@H](OC(=O)CC(C)(C)CC(=O)O)C(C)(C)[C@@H]5CC[C@]43C)[C@@H]12. The standard InChI is InChI=1S/C44H67NO7/c1-27(2)30-13-18-44(21-22-50-36(48)24-29-23-28(3)52-45-29)20-19-42(9)31(38(30)44)11-12-33-41(8)16-15-34(40(6,7)32(41)14-17-43(33,42)10)51-37(49)26-39(4,5)25-35(46)47/h23,30-34,38H,1,11-22,24-26H2,2-10H3,(H,46,47)/t30-,31+,32-,33+,34-,38+,41-,42+,43+,44+/m0/s1. The number of ether oxygens (including phenoxy) is 2. The fourth-order valence-electron chi connectivity index (χ4n) is 14.0. The summed E-state index contributed by atoms with van der Waals surface area (Å²) >= 11 is 0. The molecule has 52 heavy (non-hydrogen) atoms. The highest BCUT2D eigenvalue weighted by molar-refractivity contribution is 5.73. The van der Waals surface area contributed by atoms with E-state index in [2.05, 4.69) is 53.3 Å². The summed E-state index contributed by atoms with van der Waals surface area (Å²) in [6.07, 6.45) is 12.4. The second-order valence-electron chi connectivity index (χ2n) is 20.4. The molecular formula is C44H67NO7. The van der Waals surface area contributed by atoms with E-state index >= 15 is 0 Å². The molecule has 1 aromatic rings. The quantitative estimate of drug-likeness (QED) is 0.177. The summed E-state index contributed by atoms with van der Waals surface area (Å²) in [5.74, 6) is 2.04. The Bertz CT molecular complexity index is 1560. The van der Waals surface area contributed by atoms with E-state index in [9.17, 15) is 19.5 Å². The maximum absolute atomic E-state index is 13.2. The molecule has 290 valence electrons. The van der Waals surface area contributed by atoms with Crippen LogP contribution in [0.4, 0.5) is 0 Å². The van der Waals surface area contributed by atoms with Crippen LogP contribution in [0, 0.1) is 69.0 Å². The lowest BCUT2D eigenvalue weighted by atomic mass is 9.32. The van der Waals surface area contributed by atoms with Crippen molar-refractivity contribution in [3.05, 3.63) is 29.7 Å². The van der Waals surface area contributed by atoms with Gasteiger partial charge in [0.1, 0.15) is 11.9 Å². The molecule has 0 saturated heterocycles. The molecule has 5 saturated carbocycles. The maximum atomic E-state index is 13.2. The Hall–Kier alpha value is -2.64. The Morgan fingerprint density at radius 1 is 0.923 bits per heavy atom. The third-order valence-electron chi connectivity index (χ3n) is 16.6. The van der Waals surface area contributed by atoms with Crippen LogP contribution < -0.4 is 0 Å². The zero-order chi connectivity index (χ0) is 38.1. The summed E-state index contributed by atoms with van der Waals surface area (Å²) in [7, 11) is 0. The molecule has 1 N–H and O–H groups in total. The van der Waals surface area contributed by atoms with Crippen LogP contribution in [-0.4, -0.2) is 40.9 Å². The molecule has 0 amide bonds. The van der Waals surface area contributed by atoms with Crippen molar-refractivity contribution in [2.75, 3.05) is 6.61 Å². The van der Waals surface area contributed by atoms with E-state index in [1.54, 1.807) is 6.07 Å². The van der Waals surface area contributed by atoms with Gasteiger partial charge in [-0.3, -0.25) is 14.4 Å². The van der Waals surface area contributed by atoms with Crippen LogP contribution in [0.5, 0.6) is 0 Å². The average molecular weight is 722 g/mol. The predicted molar refractivity (Wildman–Crippen MR) is 200 cm³/mol. The number of carboxylic acid groups (broad SMARTS) is 1. The number of aliphatic carboxylic acids is 1. The molecule has 8 nitrogen and oxygen atoms in total. The topological polar surface area (TPSA) is 116 Å². The first-order valence-corrected chi connectivity index (χ1v) is 20.3. The largest absolute Gasteiger partial charge is 0.481 e. The first-order chi connectivity index (χ1) is 24.2. The van der Waals surface area contributed by atoms with Crippen LogP contribution >= 0.6 is 0 Å². The van der Waals surface area contributed by atoms with Crippen LogP contribution in [0.15, 0.2) is 22.7 Å². The van der Waals surface area contributed by atoms with Crippen LogP contribution in [-0.2, 0) is 30.3 Å². The Morgan fingerprint density at radius 2 is 1.65 bits per heavy atom. The molecule has 10 atom stereocenters. The fraction of sp³-hybridized carbons (Fsp3) is 0.818. The summed E-state index contributed by atoms with van der Waals surface area (Å²) in [5.41, 5.74) is 1.88. The number of fused-ring (bicyclic) bond motifs is 7. The normalized spacial score (nSPS) is 39.3. The second kappa shape index (κ2) is 13.6. The first kappa shape index (κ1) is 39.1. The van der Waals surface area contributed by atoms with Crippen molar-refractivity contribution in [3.8, 4) is 0 Å². The van der Waals surface area contributed by atoms with E-state index in [0.717, 1.165) is 25.7 Å². The van der Waals surface area contributed by atoms with Gasteiger partial charge in [-0.25, -0.2) is 0 Å². The highest BCUT2D eigenvalue weighted by atomic mass is 16.5. The summed E-state index contributed by atoms with van der Waals surface area (Å²) in [6, 6.07) is 1.80. The van der Waals surface area contributed by atoms with E-state index in [-0.39, 0.29) is 64.4 Å². The molecule has 0 unspecified atom stereocenters. The first-order valence-electron chi connectivity index (χ1n) is 20.3. The van der Waals surface area contributed by atoms with Crippen molar-refractivity contribution in [3.63, 3.8) is 0 Å². The van der Waals surface area contributed by atoms with E-state index in [1.165, 1.54) is 50.5 Å². The Labute approximate surface area is 312 Å². The number of aryl methyl sites for hydroxylation is 1. The Balaban J connectivity index is 1.18. The van der Waals surface area contributed by atoms with Gasteiger partial charge in [-0.1, -0.05) is 65.8 Å². The molecule has 0 aliphatic heterocycles. The highest BCUT2D eigenvalue weighted by Gasteiger charge is 2.71. The van der Waals surface area contributed by atoms with E-state index in [4.69, 9.17) is 14.0 Å². The van der Waals surface area contributed by atoms with Crippen LogP contribution in [0.2, 0.25) is 0 Å². The minimum Gasteiger partial charge on any atom is -0.481 e. The zero-order valence-electron chi connectivity index (χ0n) is 33.7. The molecule has 8 heteroatoms. The maximum Gasteiger partial charge on any atom is 0.311 e. The van der Waals surface area contributed by atoms with Crippen molar-refractivity contribution in [2.45, 2.75) is 158 Å². The lowest BCUT2D eigenvalue weighted by Gasteiger charge is -2.73. The monoisotopic (exact) mass is 721 g/mol. The van der Waals surface area contributed by atoms with Gasteiger partial charge in [0.25, 0.3) is 0 Å². The summed E-state index contributed by atoms with van der Waals surface area (Å²) in [6.45, 7) is 25.3. The zero-order valence-corrected chi connectivity index (χ0v) is 33.7. The molecule has 0 bridgehead atoms. The van der Waals surface area contributed by atoms with Crippen LogP contribution in [0.1, 0.15) is 150 Å². The number of carboxylic acids is 1. The molecule has 0 spiro atoms. The number of aromatic nitrogens is 1. The van der Waals surface area contributed by atoms with Crippen molar-refractivity contribution >= 4 is 17.9 Å². The number of allylic oxidation sites excluding steroid dienone is 1. The number of hydrogen-bond acceptors (Lipinski definition) is 7. The Kier molecular flexibility index (Phi) is 10.2. The highest BCUT2D eigenvalue weighted by Crippen LogP contribution is 2.78. The number of hydrogen-bond donors (Lipinski definition) is 1. The van der Waals surface area contributed by atoms with Crippen LogP contribution in [0.25, 0.3) is 0 Å². The summed E-state index contributed by atoms with van der Waals surface area (Å²) in [5, 5.41) is 13.3. The molecule has 5 aliphatic carbocycles. The van der Waals surface area contributed by atoms with Gasteiger partial charge in [0.05, 0.1) is 31.6 Å². The third-order valence-corrected chi connectivity index (χ3v) is 16.6. The predicted octanol–water partition coefficient (Wildman–Crippen LogP) is 9.92. The number of nitrogens with zero attached hydrogens (tertiary/aromatic N) is 1. The minimum absolute atomic E-state index is 0.0517. The van der Waals surface area contributed by atoms with E-state index < -0.39 is 11.4 Å². The molecule has 6 rings (SSSR count). The number of rotatable bonds is 11. The minimum atomic E-state index is -0.886. The van der Waals surface area contributed by atoms with Gasteiger partial charge >= 0.3 is 17.9 Å². The summed E-state index contributed by atoms with van der Waals surface area (Å²) < 4.78 is 17.3. The molecule has 5 aliphatic rings. The van der Waals surface area contributed by atoms with Gasteiger partial charge in [-0.2, -0.15) is 0 Å². The van der Waals surface area contributed by atoms with Gasteiger partial charge in [-0.05, 0) is 141 Å². The summed E-state index contributed by atoms with van der Waals surface area (Å²) in [4.78, 5) is 37.4. The third kappa shape index (κ3) is 6.58. The lowest BCUT2D eigenvalue weighted by Crippen LogP contribution is -2.66. The average Bonchev–Trinajstić information content (AvgIpc) is 3.61. The Morgan fingerprint density at radius 3 is 2.31 bits per heavy atom. The fourth-order valence-corrected chi connectivity index (χ4v) is 14.0. The lowest BCUT2D eigenvalue weighted by molar-refractivity contribution is -0.251. The van der Waals surface area contributed by atoms with Gasteiger partial charge < -0.3 is 19.1 Å². The van der Waals surface area contributed by atoms with Crippen molar-refractivity contribution in [1.82, 2.24) is 5.16 Å². The second-order valence-corrected chi connectivity index (χ2v) is 20.4. The number of carbonyl (C=O) groups is 3. The van der Waals surface area contributed by atoms with Gasteiger partial charge in [0.15, 0.2) is 0 Å². The smallest absolute Gasteiger partial charge is 0.311 e. The van der Waals surface area contributed by atoms with E-state index in [1.807, 2.05) is 20.8 Å². The molecule has 1 aromatic heterocycles.